The van der Waals surface area contributed by atoms with Crippen LogP contribution in [-0.2, 0) is 0 Å². The lowest BCUT2D eigenvalue weighted by Gasteiger charge is -2.04. The summed E-state index contributed by atoms with van der Waals surface area (Å²) in [6.07, 6.45) is 2.37. The van der Waals surface area contributed by atoms with Crippen molar-refractivity contribution in [1.29, 1.82) is 0 Å². The summed E-state index contributed by atoms with van der Waals surface area (Å²) < 4.78 is 1.08. The van der Waals surface area contributed by atoms with E-state index in [0.717, 1.165) is 10.9 Å². The number of nitrogen functional groups attached to an aromatic ring is 1. The van der Waals surface area contributed by atoms with Crippen molar-refractivity contribution in [3.63, 3.8) is 0 Å². The van der Waals surface area contributed by atoms with Crippen LogP contribution < -0.4 is 5.73 Å². The third-order valence-corrected chi connectivity index (χ3v) is 2.46. The van der Waals surface area contributed by atoms with Gasteiger partial charge in [0, 0.05) is 6.20 Å². The predicted molar refractivity (Wildman–Crippen MR) is 62.4 cm³/mol. The van der Waals surface area contributed by atoms with E-state index in [1.54, 1.807) is 0 Å². The third kappa shape index (κ3) is 2.02. The van der Waals surface area contributed by atoms with E-state index in [2.05, 4.69) is 10.1 Å². The predicted octanol–water partition coefficient (Wildman–Crippen LogP) is 2.06. The Morgan fingerprint density at radius 1 is 1.41 bits per heavy atom. The molecule has 0 aliphatic rings. The number of pyridine rings is 1. The number of halogens is 2. The molecule has 0 amide bonds. The summed E-state index contributed by atoms with van der Waals surface area (Å²) in [7, 11) is 0. The molecule has 0 radical (unpaired) electrons. The fourth-order valence-corrected chi connectivity index (χ4v) is 1.68. The lowest BCUT2D eigenvalue weighted by molar-refractivity contribution is -0.383. The standard InChI is InChI=1S/C8H5Cl2N5O2/c9-4-1-5(10)8(12-2-4)14-7(11)6(3-13-14)15(16)17/h1-3H,11H2. The molecule has 0 saturated carbocycles. The van der Waals surface area contributed by atoms with Crippen molar-refractivity contribution in [2.75, 3.05) is 5.73 Å². The van der Waals surface area contributed by atoms with Crippen LogP contribution in [0.2, 0.25) is 10.0 Å². The Balaban J connectivity index is 2.57. The van der Waals surface area contributed by atoms with Crippen molar-refractivity contribution in [1.82, 2.24) is 14.8 Å². The topological polar surface area (TPSA) is 99.9 Å². The molecule has 88 valence electrons. The minimum Gasteiger partial charge on any atom is -0.378 e. The van der Waals surface area contributed by atoms with Gasteiger partial charge in [0.25, 0.3) is 0 Å². The van der Waals surface area contributed by atoms with Crippen LogP contribution >= 0.6 is 23.2 Å². The third-order valence-electron chi connectivity index (χ3n) is 1.97. The highest BCUT2D eigenvalue weighted by Crippen LogP contribution is 2.27. The fraction of sp³-hybridized carbons (Fsp3) is 0. The van der Waals surface area contributed by atoms with Gasteiger partial charge < -0.3 is 5.73 Å². The zero-order valence-corrected chi connectivity index (χ0v) is 9.68. The van der Waals surface area contributed by atoms with Crippen molar-refractivity contribution < 1.29 is 4.92 Å². The van der Waals surface area contributed by atoms with Gasteiger partial charge in [-0.25, -0.2) is 4.98 Å². The van der Waals surface area contributed by atoms with Crippen LogP contribution in [0.5, 0.6) is 0 Å². The van der Waals surface area contributed by atoms with E-state index in [4.69, 9.17) is 28.9 Å². The van der Waals surface area contributed by atoms with Gasteiger partial charge in [0.15, 0.2) is 5.82 Å². The van der Waals surface area contributed by atoms with Crippen molar-refractivity contribution in [2.24, 2.45) is 0 Å². The Labute approximate surface area is 105 Å². The van der Waals surface area contributed by atoms with E-state index in [0.29, 0.717) is 5.02 Å². The molecule has 0 aliphatic carbocycles. The molecule has 2 aromatic rings. The summed E-state index contributed by atoms with van der Waals surface area (Å²) in [4.78, 5) is 13.9. The largest absolute Gasteiger partial charge is 0.378 e. The molecule has 2 rings (SSSR count). The van der Waals surface area contributed by atoms with E-state index in [1.807, 2.05) is 0 Å². The van der Waals surface area contributed by atoms with Gasteiger partial charge in [-0.1, -0.05) is 23.2 Å². The maximum Gasteiger partial charge on any atom is 0.331 e. The first-order valence-electron chi connectivity index (χ1n) is 4.30. The average Bonchev–Trinajstić information content (AvgIpc) is 2.60. The number of anilines is 1. The minimum atomic E-state index is -0.636. The maximum atomic E-state index is 10.6. The molecular formula is C8H5Cl2N5O2. The number of aromatic nitrogens is 3. The van der Waals surface area contributed by atoms with Crippen LogP contribution in [0, 0.1) is 10.1 Å². The van der Waals surface area contributed by atoms with Gasteiger partial charge >= 0.3 is 5.69 Å². The lowest BCUT2D eigenvalue weighted by atomic mass is 10.4. The summed E-state index contributed by atoms with van der Waals surface area (Å²) in [5, 5.41) is 14.9. The van der Waals surface area contributed by atoms with Gasteiger partial charge in [-0.15, -0.1) is 0 Å². The Hall–Kier alpha value is -1.86. The molecule has 0 unspecified atom stereocenters. The second-order valence-electron chi connectivity index (χ2n) is 3.04. The molecule has 2 aromatic heterocycles. The van der Waals surface area contributed by atoms with Crippen LogP contribution in [0.1, 0.15) is 0 Å². The first-order valence-corrected chi connectivity index (χ1v) is 5.05. The highest BCUT2D eigenvalue weighted by molar-refractivity contribution is 6.35. The monoisotopic (exact) mass is 273 g/mol. The van der Waals surface area contributed by atoms with Gasteiger partial charge in [-0.2, -0.15) is 9.78 Å². The molecule has 0 saturated heterocycles. The zero-order valence-electron chi connectivity index (χ0n) is 8.17. The van der Waals surface area contributed by atoms with E-state index in [9.17, 15) is 10.1 Å². The molecule has 17 heavy (non-hydrogen) atoms. The molecule has 7 nitrogen and oxygen atoms in total. The van der Waals surface area contributed by atoms with Gasteiger partial charge in [0.2, 0.25) is 5.82 Å². The molecule has 0 atom stereocenters. The molecule has 0 aromatic carbocycles. The molecular weight excluding hydrogens is 269 g/mol. The zero-order chi connectivity index (χ0) is 12.6. The summed E-state index contributed by atoms with van der Waals surface area (Å²) in [6, 6.07) is 1.44. The average molecular weight is 274 g/mol. The summed E-state index contributed by atoms with van der Waals surface area (Å²) in [6.45, 7) is 0. The van der Waals surface area contributed by atoms with Crippen LogP contribution in [0.25, 0.3) is 5.82 Å². The smallest absolute Gasteiger partial charge is 0.331 e. The van der Waals surface area contributed by atoms with Gasteiger partial charge in [0.05, 0.1) is 15.0 Å². The van der Waals surface area contributed by atoms with E-state index < -0.39 is 4.92 Å². The first-order chi connectivity index (χ1) is 8.00. The van der Waals surface area contributed by atoms with E-state index in [1.165, 1.54) is 12.3 Å². The Bertz CT molecular complexity index is 598. The normalized spacial score (nSPS) is 10.5. The molecule has 9 heteroatoms. The minimum absolute atomic E-state index is 0.147. The number of hydrogen-bond acceptors (Lipinski definition) is 5. The molecule has 0 aliphatic heterocycles. The van der Waals surface area contributed by atoms with Crippen molar-refractivity contribution in [3.8, 4) is 5.82 Å². The molecule has 2 heterocycles. The highest BCUT2D eigenvalue weighted by atomic mass is 35.5. The quantitative estimate of drug-likeness (QED) is 0.667. The second-order valence-corrected chi connectivity index (χ2v) is 3.89. The Kier molecular flexibility index (Phi) is 2.86. The summed E-state index contributed by atoms with van der Waals surface area (Å²) >= 11 is 11.6. The number of rotatable bonds is 2. The van der Waals surface area contributed by atoms with Gasteiger partial charge in [-0.3, -0.25) is 10.1 Å². The highest BCUT2D eigenvalue weighted by Gasteiger charge is 2.20. The number of nitrogens with zero attached hydrogens (tertiary/aromatic N) is 4. The summed E-state index contributed by atoms with van der Waals surface area (Å²) in [5.74, 6) is 0.0355. The van der Waals surface area contributed by atoms with Crippen LogP contribution in [0.3, 0.4) is 0 Å². The SMILES string of the molecule is Nc1c([N+](=O)[O-])cnn1-c1ncc(Cl)cc1Cl. The Morgan fingerprint density at radius 3 is 2.65 bits per heavy atom. The Morgan fingerprint density at radius 2 is 2.12 bits per heavy atom. The van der Waals surface area contributed by atoms with E-state index >= 15 is 0 Å². The van der Waals surface area contributed by atoms with Gasteiger partial charge in [0.1, 0.15) is 6.20 Å². The second kappa shape index (κ2) is 4.19. The van der Waals surface area contributed by atoms with Crippen molar-refractivity contribution in [3.05, 3.63) is 38.6 Å². The van der Waals surface area contributed by atoms with Crippen molar-refractivity contribution in [2.45, 2.75) is 0 Å². The van der Waals surface area contributed by atoms with E-state index in [-0.39, 0.29) is 22.3 Å². The van der Waals surface area contributed by atoms with Crippen molar-refractivity contribution >= 4 is 34.7 Å². The molecule has 0 fully saturated rings. The maximum absolute atomic E-state index is 10.6. The summed E-state index contributed by atoms with van der Waals surface area (Å²) in [5.41, 5.74) is 5.26. The molecule has 0 spiro atoms. The van der Waals surface area contributed by atoms with Crippen LogP contribution in [0.4, 0.5) is 11.5 Å². The number of hydrogen-bond donors (Lipinski definition) is 1. The molecule has 2 N–H and O–H groups in total. The molecule has 0 bridgehead atoms. The number of nitro groups is 1. The van der Waals surface area contributed by atoms with Crippen LogP contribution in [0.15, 0.2) is 18.5 Å². The number of nitrogens with two attached hydrogens (primary N) is 1. The lowest BCUT2D eigenvalue weighted by Crippen LogP contribution is -2.05. The fourth-order valence-electron chi connectivity index (χ4n) is 1.22. The van der Waals surface area contributed by atoms with Crippen LogP contribution in [-0.4, -0.2) is 19.7 Å². The van der Waals surface area contributed by atoms with Gasteiger partial charge in [-0.05, 0) is 6.07 Å². The first kappa shape index (κ1) is 11.6.